The summed E-state index contributed by atoms with van der Waals surface area (Å²) in [6, 6.07) is 8.25. The Labute approximate surface area is 94.4 Å². The highest BCUT2D eigenvalue weighted by molar-refractivity contribution is 5.87. The molecule has 2 aliphatic heterocycles. The van der Waals surface area contributed by atoms with Crippen LogP contribution < -0.4 is 10.6 Å². The highest BCUT2D eigenvalue weighted by Crippen LogP contribution is 2.19. The molecule has 2 atom stereocenters. The van der Waals surface area contributed by atoms with Gasteiger partial charge in [-0.2, -0.15) is 0 Å². The van der Waals surface area contributed by atoms with Gasteiger partial charge < -0.3 is 15.7 Å². The van der Waals surface area contributed by atoms with E-state index in [2.05, 4.69) is 15.6 Å². The SMILES string of the molecule is Oc1ccccc1CC1=NC2CNCC2N1. The normalized spacial score (nSPS) is 27.4. The van der Waals surface area contributed by atoms with Crippen LogP contribution in [0.3, 0.4) is 0 Å². The first-order valence-corrected chi connectivity index (χ1v) is 5.64. The van der Waals surface area contributed by atoms with E-state index in [0.717, 1.165) is 24.5 Å². The van der Waals surface area contributed by atoms with Gasteiger partial charge in [-0.3, -0.25) is 4.99 Å². The molecule has 3 N–H and O–H groups in total. The number of aliphatic imine (C=N–C) groups is 1. The maximum absolute atomic E-state index is 9.68. The minimum absolute atomic E-state index is 0.349. The number of rotatable bonds is 2. The third kappa shape index (κ3) is 1.65. The fourth-order valence-corrected chi connectivity index (χ4v) is 2.34. The van der Waals surface area contributed by atoms with Crippen LogP contribution in [0.1, 0.15) is 5.56 Å². The molecule has 1 fully saturated rings. The molecule has 1 saturated heterocycles. The van der Waals surface area contributed by atoms with E-state index in [-0.39, 0.29) is 0 Å². The van der Waals surface area contributed by atoms with Crippen LogP contribution in [0.15, 0.2) is 29.3 Å². The van der Waals surface area contributed by atoms with Crippen molar-refractivity contribution >= 4 is 5.84 Å². The first-order valence-electron chi connectivity index (χ1n) is 5.64. The van der Waals surface area contributed by atoms with E-state index in [9.17, 15) is 5.11 Å². The number of aromatic hydroxyl groups is 1. The fraction of sp³-hybridized carbons (Fsp3) is 0.417. The topological polar surface area (TPSA) is 56.7 Å². The van der Waals surface area contributed by atoms with Crippen LogP contribution in [0.25, 0.3) is 0 Å². The van der Waals surface area contributed by atoms with Crippen molar-refractivity contribution in [3.8, 4) is 5.75 Å². The summed E-state index contributed by atoms with van der Waals surface area (Å²) in [6.07, 6.45) is 0.694. The van der Waals surface area contributed by atoms with Crippen molar-refractivity contribution in [2.45, 2.75) is 18.5 Å². The zero-order valence-electron chi connectivity index (χ0n) is 8.98. The molecule has 16 heavy (non-hydrogen) atoms. The van der Waals surface area contributed by atoms with Gasteiger partial charge in [0.1, 0.15) is 11.6 Å². The lowest BCUT2D eigenvalue weighted by molar-refractivity contribution is 0.470. The fourth-order valence-electron chi connectivity index (χ4n) is 2.34. The van der Waals surface area contributed by atoms with Gasteiger partial charge in [-0.05, 0) is 6.07 Å². The molecular formula is C12H15N3O. The molecule has 0 amide bonds. The smallest absolute Gasteiger partial charge is 0.119 e. The molecule has 0 aromatic heterocycles. The second-order valence-corrected chi connectivity index (χ2v) is 4.36. The van der Waals surface area contributed by atoms with Crippen LogP contribution in [0.5, 0.6) is 5.75 Å². The third-order valence-electron chi connectivity index (χ3n) is 3.21. The molecule has 2 aliphatic rings. The lowest BCUT2D eigenvalue weighted by Crippen LogP contribution is -2.35. The molecule has 0 saturated carbocycles. The van der Waals surface area contributed by atoms with E-state index in [1.54, 1.807) is 6.07 Å². The molecule has 4 heteroatoms. The maximum Gasteiger partial charge on any atom is 0.119 e. The van der Waals surface area contributed by atoms with Gasteiger partial charge in [0, 0.05) is 25.1 Å². The molecule has 4 nitrogen and oxygen atoms in total. The Morgan fingerprint density at radius 2 is 2.19 bits per heavy atom. The van der Waals surface area contributed by atoms with Crippen LogP contribution in [-0.2, 0) is 6.42 Å². The summed E-state index contributed by atoms with van der Waals surface area (Å²) in [5, 5.41) is 16.4. The largest absolute Gasteiger partial charge is 0.508 e. The number of hydrogen-bond acceptors (Lipinski definition) is 4. The maximum atomic E-state index is 9.68. The number of nitrogens with one attached hydrogen (secondary N) is 2. The monoisotopic (exact) mass is 217 g/mol. The molecular weight excluding hydrogens is 202 g/mol. The summed E-state index contributed by atoms with van der Waals surface area (Å²) >= 11 is 0. The third-order valence-corrected chi connectivity index (χ3v) is 3.21. The van der Waals surface area contributed by atoms with Crippen molar-refractivity contribution in [1.29, 1.82) is 0 Å². The lowest BCUT2D eigenvalue weighted by Gasteiger charge is -2.09. The van der Waals surface area contributed by atoms with E-state index in [4.69, 9.17) is 0 Å². The van der Waals surface area contributed by atoms with E-state index in [0.29, 0.717) is 24.3 Å². The molecule has 3 rings (SSSR count). The van der Waals surface area contributed by atoms with Crippen LogP contribution in [-0.4, -0.2) is 36.1 Å². The van der Waals surface area contributed by atoms with Crippen LogP contribution in [0.4, 0.5) is 0 Å². The number of phenolic OH excluding ortho intramolecular Hbond substituents is 1. The van der Waals surface area contributed by atoms with E-state index in [1.807, 2.05) is 18.2 Å². The minimum Gasteiger partial charge on any atom is -0.508 e. The Bertz CT molecular complexity index is 430. The molecule has 0 radical (unpaired) electrons. The second-order valence-electron chi connectivity index (χ2n) is 4.36. The Morgan fingerprint density at radius 3 is 3.00 bits per heavy atom. The molecule has 2 heterocycles. The Kier molecular flexibility index (Phi) is 2.29. The Morgan fingerprint density at radius 1 is 1.31 bits per heavy atom. The minimum atomic E-state index is 0.349. The number of phenols is 1. The van der Waals surface area contributed by atoms with Gasteiger partial charge in [-0.1, -0.05) is 18.2 Å². The number of hydrogen-bond donors (Lipinski definition) is 3. The first-order chi connectivity index (χ1) is 7.83. The Hall–Kier alpha value is -1.55. The van der Waals surface area contributed by atoms with Crippen molar-refractivity contribution in [2.24, 2.45) is 4.99 Å². The van der Waals surface area contributed by atoms with E-state index < -0.39 is 0 Å². The molecule has 0 bridgehead atoms. The van der Waals surface area contributed by atoms with E-state index in [1.165, 1.54) is 0 Å². The summed E-state index contributed by atoms with van der Waals surface area (Å²) in [6.45, 7) is 1.94. The van der Waals surface area contributed by atoms with Gasteiger partial charge in [-0.25, -0.2) is 0 Å². The molecule has 1 aromatic carbocycles. The van der Waals surface area contributed by atoms with Crippen LogP contribution in [0, 0.1) is 0 Å². The first kappa shape index (κ1) is 9.66. The molecule has 0 spiro atoms. The average molecular weight is 217 g/mol. The standard InChI is InChI=1S/C12H15N3O/c16-11-4-2-1-3-8(11)5-12-14-9-6-13-7-10(9)15-12/h1-4,9-10,13,16H,5-7H2,(H,14,15). The van der Waals surface area contributed by atoms with Crippen LogP contribution in [0.2, 0.25) is 0 Å². The predicted molar refractivity (Wildman–Crippen MR) is 62.8 cm³/mol. The van der Waals surface area contributed by atoms with Crippen molar-refractivity contribution < 1.29 is 5.11 Å². The van der Waals surface area contributed by atoms with E-state index >= 15 is 0 Å². The zero-order valence-corrected chi connectivity index (χ0v) is 8.98. The second kappa shape index (κ2) is 3.79. The summed E-state index contributed by atoms with van der Waals surface area (Å²) < 4.78 is 0. The number of nitrogens with zero attached hydrogens (tertiary/aromatic N) is 1. The highest BCUT2D eigenvalue weighted by atomic mass is 16.3. The van der Waals surface area contributed by atoms with Crippen LogP contribution >= 0.6 is 0 Å². The van der Waals surface area contributed by atoms with Gasteiger partial charge in [-0.15, -0.1) is 0 Å². The summed E-state index contributed by atoms with van der Waals surface area (Å²) in [7, 11) is 0. The lowest BCUT2D eigenvalue weighted by atomic mass is 10.1. The number of benzene rings is 1. The summed E-state index contributed by atoms with van der Waals surface area (Å²) in [5.41, 5.74) is 0.932. The quantitative estimate of drug-likeness (QED) is 0.667. The number of fused-ring (bicyclic) bond motifs is 1. The van der Waals surface area contributed by atoms with Gasteiger partial charge in [0.2, 0.25) is 0 Å². The summed E-state index contributed by atoms with van der Waals surface area (Å²) in [5.74, 6) is 1.35. The average Bonchev–Trinajstić information content (AvgIpc) is 2.81. The van der Waals surface area contributed by atoms with Gasteiger partial charge in [0.25, 0.3) is 0 Å². The number of para-hydroxylation sites is 1. The highest BCUT2D eigenvalue weighted by Gasteiger charge is 2.32. The molecule has 2 unspecified atom stereocenters. The van der Waals surface area contributed by atoms with Crippen molar-refractivity contribution in [3.05, 3.63) is 29.8 Å². The van der Waals surface area contributed by atoms with Crippen molar-refractivity contribution in [3.63, 3.8) is 0 Å². The zero-order chi connectivity index (χ0) is 11.0. The van der Waals surface area contributed by atoms with Gasteiger partial charge in [0.05, 0.1) is 12.1 Å². The predicted octanol–water partition coefficient (Wildman–Crippen LogP) is 0.277. The van der Waals surface area contributed by atoms with Crippen molar-refractivity contribution in [1.82, 2.24) is 10.6 Å². The molecule has 1 aromatic rings. The van der Waals surface area contributed by atoms with Crippen molar-refractivity contribution in [2.75, 3.05) is 13.1 Å². The van der Waals surface area contributed by atoms with Gasteiger partial charge >= 0.3 is 0 Å². The summed E-state index contributed by atoms with van der Waals surface area (Å²) in [4.78, 5) is 4.62. The van der Waals surface area contributed by atoms with Gasteiger partial charge in [0.15, 0.2) is 0 Å². The molecule has 84 valence electrons. The number of amidine groups is 1. The Balaban J connectivity index is 1.75. The molecule has 0 aliphatic carbocycles.